The van der Waals surface area contributed by atoms with Gasteiger partial charge in [0.15, 0.2) is 0 Å². The number of nitrogens with zero attached hydrogens (tertiary/aromatic N) is 2. The molecule has 40 heavy (non-hydrogen) atoms. The number of benzene rings is 3. The number of rotatable bonds is 10. The highest BCUT2D eigenvalue weighted by Gasteiger charge is 2.32. The second kappa shape index (κ2) is 12.9. The summed E-state index contributed by atoms with van der Waals surface area (Å²) in [5.41, 5.74) is 2.58. The SMILES string of the molecule is O=C(NCCOc1ccc(S(=O)(=O)N2CCOCC2)cc1)c1ccc([C@@H]2SCC(=O)N2Cc2ccccc2)cc1. The highest BCUT2D eigenvalue weighted by atomic mass is 32.2. The molecular weight excluding hydrogens is 550 g/mol. The molecule has 1 N–H and O–H groups in total. The van der Waals surface area contributed by atoms with E-state index in [1.165, 1.54) is 16.4 Å². The van der Waals surface area contributed by atoms with Gasteiger partial charge in [-0.05, 0) is 47.5 Å². The molecule has 9 nitrogen and oxygen atoms in total. The minimum Gasteiger partial charge on any atom is -0.492 e. The predicted molar refractivity (Wildman–Crippen MR) is 152 cm³/mol. The number of amides is 2. The fourth-order valence-corrected chi connectivity index (χ4v) is 7.16. The Kier molecular flexibility index (Phi) is 9.05. The Morgan fingerprint density at radius 2 is 1.68 bits per heavy atom. The first-order chi connectivity index (χ1) is 19.4. The van der Waals surface area contributed by atoms with Crippen LogP contribution in [0.5, 0.6) is 5.75 Å². The maximum Gasteiger partial charge on any atom is 0.251 e. The number of sulfonamides is 1. The standard InChI is InChI=1S/C29H31N3O6S2/c33-27-21-39-29(32(27)20-22-4-2-1-3-5-22)24-8-6-23(7-9-24)28(34)30-14-17-38-25-10-12-26(13-11-25)40(35,36)31-15-18-37-19-16-31/h1-13,29H,14-21H2,(H,30,34)/t29-/m0/s1. The summed E-state index contributed by atoms with van der Waals surface area (Å²) in [5, 5.41) is 2.75. The largest absolute Gasteiger partial charge is 0.492 e. The van der Waals surface area contributed by atoms with Crippen LogP contribution in [0.4, 0.5) is 0 Å². The molecule has 11 heteroatoms. The molecule has 3 aromatic carbocycles. The molecule has 210 valence electrons. The maximum atomic E-state index is 12.7. The van der Waals surface area contributed by atoms with Crippen molar-refractivity contribution < 1.29 is 27.5 Å². The summed E-state index contributed by atoms with van der Waals surface area (Å²) < 4.78 is 37.8. The van der Waals surface area contributed by atoms with Gasteiger partial charge in [0.2, 0.25) is 15.9 Å². The first kappa shape index (κ1) is 28.2. The van der Waals surface area contributed by atoms with E-state index < -0.39 is 10.0 Å². The van der Waals surface area contributed by atoms with E-state index in [4.69, 9.17) is 9.47 Å². The minimum absolute atomic E-state index is 0.0894. The highest BCUT2D eigenvalue weighted by molar-refractivity contribution is 8.00. The van der Waals surface area contributed by atoms with Crippen LogP contribution in [0.25, 0.3) is 0 Å². The topological polar surface area (TPSA) is 105 Å². The molecule has 0 saturated carbocycles. The number of carbonyl (C=O) groups excluding carboxylic acids is 2. The Hall–Kier alpha value is -3.38. The lowest BCUT2D eigenvalue weighted by molar-refractivity contribution is -0.128. The highest BCUT2D eigenvalue weighted by Crippen LogP contribution is 2.39. The molecule has 2 heterocycles. The lowest BCUT2D eigenvalue weighted by Gasteiger charge is -2.26. The average molecular weight is 582 g/mol. The molecule has 3 aromatic rings. The Morgan fingerprint density at radius 3 is 2.38 bits per heavy atom. The fourth-order valence-electron chi connectivity index (χ4n) is 4.56. The third-order valence-electron chi connectivity index (χ3n) is 6.71. The Bertz CT molecular complexity index is 1410. The zero-order chi connectivity index (χ0) is 28.0. The van der Waals surface area contributed by atoms with Gasteiger partial charge >= 0.3 is 0 Å². The van der Waals surface area contributed by atoms with E-state index in [2.05, 4.69) is 5.32 Å². The molecule has 2 saturated heterocycles. The van der Waals surface area contributed by atoms with Gasteiger partial charge in [0.1, 0.15) is 17.7 Å². The lowest BCUT2D eigenvalue weighted by atomic mass is 10.1. The molecule has 2 amide bonds. The van der Waals surface area contributed by atoms with E-state index in [9.17, 15) is 18.0 Å². The number of morpholine rings is 1. The third-order valence-corrected chi connectivity index (χ3v) is 9.88. The third kappa shape index (κ3) is 6.67. The molecule has 0 radical (unpaired) electrons. The monoisotopic (exact) mass is 581 g/mol. The Labute approximate surface area is 238 Å². The first-order valence-electron chi connectivity index (χ1n) is 13.1. The van der Waals surface area contributed by atoms with Crippen LogP contribution in [0, 0.1) is 0 Å². The number of ether oxygens (including phenoxy) is 2. The summed E-state index contributed by atoms with van der Waals surface area (Å²) in [7, 11) is -3.55. The van der Waals surface area contributed by atoms with Crippen LogP contribution < -0.4 is 10.1 Å². The molecule has 0 aromatic heterocycles. The summed E-state index contributed by atoms with van der Waals surface area (Å²) in [6.45, 7) is 2.53. The average Bonchev–Trinajstić information content (AvgIpc) is 3.36. The maximum absolute atomic E-state index is 12.7. The molecule has 0 aliphatic carbocycles. The van der Waals surface area contributed by atoms with E-state index in [1.54, 1.807) is 36.0 Å². The summed E-state index contributed by atoms with van der Waals surface area (Å²) in [4.78, 5) is 27.2. The van der Waals surface area contributed by atoms with Crippen molar-refractivity contribution >= 4 is 33.6 Å². The van der Waals surface area contributed by atoms with Crippen molar-refractivity contribution in [2.24, 2.45) is 0 Å². The van der Waals surface area contributed by atoms with Crippen molar-refractivity contribution in [2.45, 2.75) is 16.8 Å². The summed E-state index contributed by atoms with van der Waals surface area (Å²) in [5.74, 6) is 0.835. The summed E-state index contributed by atoms with van der Waals surface area (Å²) in [6.07, 6.45) is 0. The molecule has 2 aliphatic heterocycles. The van der Waals surface area contributed by atoms with Gasteiger partial charge in [-0.2, -0.15) is 4.31 Å². The summed E-state index contributed by atoms with van der Waals surface area (Å²) >= 11 is 1.59. The quantitative estimate of drug-likeness (QED) is 0.367. The Morgan fingerprint density at radius 1 is 0.975 bits per heavy atom. The molecule has 0 bridgehead atoms. The first-order valence-corrected chi connectivity index (χ1v) is 15.5. The van der Waals surface area contributed by atoms with Crippen LogP contribution in [-0.2, 0) is 26.1 Å². The van der Waals surface area contributed by atoms with Crippen LogP contribution in [-0.4, -0.2) is 74.6 Å². The smallest absolute Gasteiger partial charge is 0.251 e. The molecule has 5 rings (SSSR count). The van der Waals surface area contributed by atoms with Crippen LogP contribution in [0.3, 0.4) is 0 Å². The van der Waals surface area contributed by atoms with Crippen LogP contribution in [0.1, 0.15) is 26.9 Å². The van der Waals surface area contributed by atoms with E-state index in [0.717, 1.165) is 11.1 Å². The van der Waals surface area contributed by atoms with Gasteiger partial charge < -0.3 is 19.7 Å². The van der Waals surface area contributed by atoms with Gasteiger partial charge in [0.25, 0.3) is 5.91 Å². The lowest BCUT2D eigenvalue weighted by Crippen LogP contribution is -2.40. The zero-order valence-corrected chi connectivity index (χ0v) is 23.5. The Balaban J connectivity index is 1.09. The van der Waals surface area contributed by atoms with E-state index in [-0.39, 0.29) is 35.2 Å². The second-order valence-corrected chi connectivity index (χ2v) is 12.4. The number of nitrogens with one attached hydrogen (secondary N) is 1. The molecular formula is C29H31N3O6S2. The molecule has 0 spiro atoms. The van der Waals surface area contributed by atoms with Gasteiger partial charge in [-0.3, -0.25) is 9.59 Å². The van der Waals surface area contributed by atoms with Gasteiger partial charge in [-0.15, -0.1) is 11.8 Å². The minimum atomic E-state index is -3.55. The number of thioether (sulfide) groups is 1. The van der Waals surface area contributed by atoms with Gasteiger partial charge in [-0.1, -0.05) is 42.5 Å². The van der Waals surface area contributed by atoms with Crippen LogP contribution in [0.15, 0.2) is 83.8 Å². The molecule has 1 atom stereocenters. The van der Waals surface area contributed by atoms with Gasteiger partial charge in [-0.25, -0.2) is 8.42 Å². The fraction of sp³-hybridized carbons (Fsp3) is 0.310. The number of hydrogen-bond acceptors (Lipinski definition) is 7. The van der Waals surface area contributed by atoms with E-state index in [0.29, 0.717) is 49.9 Å². The van der Waals surface area contributed by atoms with E-state index >= 15 is 0 Å². The van der Waals surface area contributed by atoms with Gasteiger partial charge in [0.05, 0.1) is 30.4 Å². The predicted octanol–water partition coefficient (Wildman–Crippen LogP) is 3.29. The number of hydrogen-bond donors (Lipinski definition) is 1. The van der Waals surface area contributed by atoms with Crippen molar-refractivity contribution in [3.05, 3.63) is 95.6 Å². The summed E-state index contributed by atoms with van der Waals surface area (Å²) in [6, 6.07) is 23.5. The van der Waals surface area contributed by atoms with Crippen molar-refractivity contribution in [3.8, 4) is 5.75 Å². The van der Waals surface area contributed by atoms with Crippen molar-refractivity contribution in [3.63, 3.8) is 0 Å². The van der Waals surface area contributed by atoms with E-state index in [1.807, 2.05) is 47.4 Å². The van der Waals surface area contributed by atoms with Crippen LogP contribution in [0.2, 0.25) is 0 Å². The van der Waals surface area contributed by atoms with Crippen molar-refractivity contribution in [1.82, 2.24) is 14.5 Å². The molecule has 2 aliphatic rings. The molecule has 2 fully saturated rings. The van der Waals surface area contributed by atoms with Crippen molar-refractivity contribution in [2.75, 3.05) is 45.2 Å². The van der Waals surface area contributed by atoms with Gasteiger partial charge in [0, 0.05) is 25.2 Å². The van der Waals surface area contributed by atoms with Crippen molar-refractivity contribution in [1.29, 1.82) is 0 Å². The molecule has 0 unspecified atom stereocenters. The van der Waals surface area contributed by atoms with Crippen LogP contribution >= 0.6 is 11.8 Å². The zero-order valence-electron chi connectivity index (χ0n) is 21.9. The normalized spacial score (nSPS) is 18.1. The number of carbonyl (C=O) groups is 2. The second-order valence-electron chi connectivity index (χ2n) is 9.38.